The molecule has 1 heterocycles. The minimum atomic E-state index is -3.55. The molecule has 0 radical (unpaired) electrons. The minimum absolute atomic E-state index is 0.169. The van der Waals surface area contributed by atoms with Crippen molar-refractivity contribution < 1.29 is 22.3 Å². The molecular weight excluding hydrogens is 357 g/mol. The predicted octanol–water partition coefficient (Wildman–Crippen LogP) is 3.21. The van der Waals surface area contributed by atoms with E-state index >= 15 is 0 Å². The van der Waals surface area contributed by atoms with E-state index < -0.39 is 10.0 Å². The third-order valence-electron chi connectivity index (χ3n) is 4.10. The van der Waals surface area contributed by atoms with Crippen LogP contribution in [-0.2, 0) is 15.8 Å². The summed E-state index contributed by atoms with van der Waals surface area (Å²) < 4.78 is 51.7. The highest BCUT2D eigenvalue weighted by Gasteiger charge is 2.29. The Bertz CT molecular complexity index is 839. The normalized spacial score (nSPS) is 16.7. The highest BCUT2D eigenvalue weighted by molar-refractivity contribution is 7.88. The predicted molar refractivity (Wildman–Crippen MR) is 97.2 cm³/mol. The van der Waals surface area contributed by atoms with Crippen molar-refractivity contribution in [1.82, 2.24) is 4.31 Å². The van der Waals surface area contributed by atoms with E-state index in [0.29, 0.717) is 36.6 Å². The maximum atomic E-state index is 13.0. The summed E-state index contributed by atoms with van der Waals surface area (Å²) in [5, 5.41) is 0. The molecule has 0 spiro atoms. The third-order valence-corrected chi connectivity index (χ3v) is 5.92. The molecule has 0 amide bonds. The van der Waals surface area contributed by atoms with Gasteiger partial charge in [0.05, 0.1) is 12.3 Å². The van der Waals surface area contributed by atoms with E-state index in [1.165, 1.54) is 28.6 Å². The summed E-state index contributed by atoms with van der Waals surface area (Å²) in [6.07, 6.45) is 0.312. The Kier molecular flexibility index (Phi) is 5.78. The second-order valence-electron chi connectivity index (χ2n) is 6.24. The molecule has 1 aliphatic rings. The van der Waals surface area contributed by atoms with Crippen LogP contribution in [0.4, 0.5) is 4.39 Å². The number of nitrogens with zero attached hydrogens (tertiary/aromatic N) is 1. The summed E-state index contributed by atoms with van der Waals surface area (Å²) in [6.45, 7) is 2.83. The summed E-state index contributed by atoms with van der Waals surface area (Å²) in [7, 11) is -3.55. The van der Waals surface area contributed by atoms with Crippen LogP contribution in [0.5, 0.6) is 11.5 Å². The number of rotatable bonds is 7. The molecule has 2 aromatic carbocycles. The summed E-state index contributed by atoms with van der Waals surface area (Å²) in [4.78, 5) is 0. The van der Waals surface area contributed by atoms with Gasteiger partial charge in [-0.25, -0.2) is 12.8 Å². The summed E-state index contributed by atoms with van der Waals surface area (Å²) in [6, 6.07) is 12.9. The van der Waals surface area contributed by atoms with Crippen LogP contribution in [0.3, 0.4) is 0 Å². The van der Waals surface area contributed by atoms with Crippen LogP contribution in [0.2, 0.25) is 0 Å². The Morgan fingerprint density at radius 2 is 1.81 bits per heavy atom. The number of sulfonamides is 1. The van der Waals surface area contributed by atoms with Gasteiger partial charge < -0.3 is 9.47 Å². The smallest absolute Gasteiger partial charge is 0.218 e. The molecule has 0 N–H and O–H groups in total. The van der Waals surface area contributed by atoms with E-state index in [0.717, 1.165) is 0 Å². The summed E-state index contributed by atoms with van der Waals surface area (Å²) in [5.41, 5.74) is 0.554. The quantitative estimate of drug-likeness (QED) is 0.741. The minimum Gasteiger partial charge on any atom is -0.486 e. The van der Waals surface area contributed by atoms with Crippen LogP contribution >= 0.6 is 0 Å². The third kappa shape index (κ3) is 4.53. The van der Waals surface area contributed by atoms with Crippen LogP contribution in [0.25, 0.3) is 0 Å². The molecule has 1 aliphatic heterocycles. The highest BCUT2D eigenvalue weighted by Crippen LogP contribution is 2.31. The van der Waals surface area contributed by atoms with Gasteiger partial charge in [0.15, 0.2) is 11.5 Å². The maximum Gasteiger partial charge on any atom is 0.218 e. The number of para-hydroxylation sites is 2. The van der Waals surface area contributed by atoms with Gasteiger partial charge in [0, 0.05) is 6.54 Å². The van der Waals surface area contributed by atoms with E-state index in [1.807, 2.05) is 25.1 Å². The van der Waals surface area contributed by atoms with Crippen molar-refractivity contribution in [2.75, 3.05) is 19.7 Å². The summed E-state index contributed by atoms with van der Waals surface area (Å²) >= 11 is 0. The molecular formula is C19H22FNO4S. The fourth-order valence-electron chi connectivity index (χ4n) is 2.86. The zero-order valence-electron chi connectivity index (χ0n) is 14.6. The monoisotopic (exact) mass is 379 g/mol. The van der Waals surface area contributed by atoms with Gasteiger partial charge in [-0.3, -0.25) is 0 Å². The molecule has 2 aromatic rings. The molecule has 26 heavy (non-hydrogen) atoms. The number of benzene rings is 2. The fraction of sp³-hybridized carbons (Fsp3) is 0.368. The lowest BCUT2D eigenvalue weighted by Gasteiger charge is -2.30. The lowest BCUT2D eigenvalue weighted by Crippen LogP contribution is -2.44. The van der Waals surface area contributed by atoms with Gasteiger partial charge in [0.1, 0.15) is 18.5 Å². The van der Waals surface area contributed by atoms with Gasteiger partial charge in [-0.2, -0.15) is 4.31 Å². The second-order valence-corrected chi connectivity index (χ2v) is 8.21. The topological polar surface area (TPSA) is 55.8 Å². The number of hydrogen-bond donors (Lipinski definition) is 0. The molecule has 0 aliphatic carbocycles. The van der Waals surface area contributed by atoms with Crippen molar-refractivity contribution in [2.24, 2.45) is 0 Å². The second kappa shape index (κ2) is 8.05. The molecule has 0 bridgehead atoms. The Balaban J connectivity index is 1.71. The first kappa shape index (κ1) is 18.7. The molecule has 1 unspecified atom stereocenters. The van der Waals surface area contributed by atoms with E-state index in [2.05, 4.69) is 0 Å². The van der Waals surface area contributed by atoms with Crippen molar-refractivity contribution >= 4 is 10.0 Å². The van der Waals surface area contributed by atoms with Gasteiger partial charge in [0.2, 0.25) is 10.0 Å². The molecule has 140 valence electrons. The van der Waals surface area contributed by atoms with Crippen molar-refractivity contribution in [1.29, 1.82) is 0 Å². The molecule has 0 fully saturated rings. The first-order valence-electron chi connectivity index (χ1n) is 8.58. The van der Waals surface area contributed by atoms with Crippen LogP contribution in [0.15, 0.2) is 48.5 Å². The van der Waals surface area contributed by atoms with Crippen molar-refractivity contribution in [3.63, 3.8) is 0 Å². The number of fused-ring (bicyclic) bond motifs is 1. The molecule has 0 saturated carbocycles. The Morgan fingerprint density at radius 3 is 2.50 bits per heavy atom. The number of halogens is 1. The Hall–Kier alpha value is -2.12. The average molecular weight is 379 g/mol. The standard InChI is InChI=1S/C19H22FNO4S/c1-2-11-21(26(22,23)14-15-7-9-16(20)10-8-15)12-17-13-24-18-5-3-4-6-19(18)25-17/h3-10,17H,2,11-14H2,1H3. The summed E-state index contributed by atoms with van der Waals surface area (Å²) in [5.74, 6) is 0.733. The van der Waals surface area contributed by atoms with E-state index in [1.54, 1.807) is 6.07 Å². The van der Waals surface area contributed by atoms with Crippen LogP contribution in [-0.4, -0.2) is 38.5 Å². The van der Waals surface area contributed by atoms with Gasteiger partial charge in [-0.05, 0) is 36.2 Å². The van der Waals surface area contributed by atoms with Gasteiger partial charge in [-0.1, -0.05) is 31.2 Å². The van der Waals surface area contributed by atoms with Crippen molar-refractivity contribution in [3.8, 4) is 11.5 Å². The molecule has 5 nitrogen and oxygen atoms in total. The van der Waals surface area contributed by atoms with Gasteiger partial charge >= 0.3 is 0 Å². The SMILES string of the molecule is CCCN(CC1COc2ccccc2O1)S(=O)(=O)Cc1ccc(F)cc1. The molecule has 1 atom stereocenters. The highest BCUT2D eigenvalue weighted by atomic mass is 32.2. The van der Waals surface area contributed by atoms with E-state index in [-0.39, 0.29) is 24.2 Å². The molecule has 0 aromatic heterocycles. The zero-order valence-corrected chi connectivity index (χ0v) is 15.4. The van der Waals surface area contributed by atoms with E-state index in [9.17, 15) is 12.8 Å². The molecule has 3 rings (SSSR count). The lowest BCUT2D eigenvalue weighted by molar-refractivity contribution is 0.0763. The molecule has 0 saturated heterocycles. The Labute approximate surface area is 153 Å². The maximum absolute atomic E-state index is 13.0. The number of ether oxygens (including phenoxy) is 2. The first-order chi connectivity index (χ1) is 12.5. The van der Waals surface area contributed by atoms with Crippen LogP contribution in [0.1, 0.15) is 18.9 Å². The van der Waals surface area contributed by atoms with Crippen molar-refractivity contribution in [3.05, 3.63) is 59.9 Å². The lowest BCUT2D eigenvalue weighted by atomic mass is 10.2. The van der Waals surface area contributed by atoms with E-state index in [4.69, 9.17) is 9.47 Å². The number of hydrogen-bond acceptors (Lipinski definition) is 4. The zero-order chi connectivity index (χ0) is 18.6. The average Bonchev–Trinajstić information content (AvgIpc) is 2.63. The largest absolute Gasteiger partial charge is 0.486 e. The van der Waals surface area contributed by atoms with Gasteiger partial charge in [0.25, 0.3) is 0 Å². The van der Waals surface area contributed by atoms with Crippen LogP contribution < -0.4 is 9.47 Å². The van der Waals surface area contributed by atoms with Crippen molar-refractivity contribution in [2.45, 2.75) is 25.2 Å². The first-order valence-corrected chi connectivity index (χ1v) is 10.2. The Morgan fingerprint density at radius 1 is 1.12 bits per heavy atom. The molecule has 7 heteroatoms. The van der Waals surface area contributed by atoms with Gasteiger partial charge in [-0.15, -0.1) is 0 Å². The fourth-order valence-corrected chi connectivity index (χ4v) is 4.51. The van der Waals surface area contributed by atoms with Crippen LogP contribution in [0, 0.1) is 5.82 Å².